The highest BCUT2D eigenvalue weighted by Gasteiger charge is 2.22. The molecule has 0 aliphatic rings. The summed E-state index contributed by atoms with van der Waals surface area (Å²) < 4.78 is 145. The number of hydrogen-bond donors (Lipinski definition) is 0. The van der Waals surface area contributed by atoms with Gasteiger partial charge < -0.3 is 18.8 Å². The summed E-state index contributed by atoms with van der Waals surface area (Å²) in [5.41, 5.74) is 4.05. The third-order valence-electron chi connectivity index (χ3n) is 13.4. The number of rotatable bonds is 17. The fourth-order valence-corrected chi connectivity index (χ4v) is 10.7. The zero-order chi connectivity index (χ0) is 61.8. The van der Waals surface area contributed by atoms with E-state index >= 15 is 0 Å². The van der Waals surface area contributed by atoms with Crippen molar-refractivity contribution in [3.05, 3.63) is 212 Å². The van der Waals surface area contributed by atoms with E-state index in [9.17, 15) is 53.9 Å². The van der Waals surface area contributed by atoms with Gasteiger partial charge in [-0.2, -0.15) is 31.4 Å². The molecule has 6 aromatic carbocycles. The van der Waals surface area contributed by atoms with E-state index in [0.29, 0.717) is 51.7 Å². The van der Waals surface area contributed by atoms with Crippen molar-refractivity contribution in [2.24, 2.45) is 21.1 Å². The van der Waals surface area contributed by atoms with Gasteiger partial charge in [0, 0.05) is 43.2 Å². The highest BCUT2D eigenvalue weighted by Crippen LogP contribution is 2.31. The van der Waals surface area contributed by atoms with Gasteiger partial charge in [-0.05, 0) is 137 Å². The molecule has 31 heteroatoms. The quantitative estimate of drug-likeness (QED) is 0.0631. The molecule has 5 heterocycles. The molecule has 0 fully saturated rings. The summed E-state index contributed by atoms with van der Waals surface area (Å²) >= 11 is 12.7. The van der Waals surface area contributed by atoms with Crippen LogP contribution in [0.4, 0.5) is 39.5 Å². The molecular formula is C55H43Br4F9N12O6. The van der Waals surface area contributed by atoms with Crippen molar-refractivity contribution >= 4 is 96.4 Å². The minimum Gasteiger partial charge on any atom is -0.434 e. The average Bonchev–Trinajstić information content (AvgIpc) is 1.83. The molecular weight excluding hydrogens is 1420 g/mol. The zero-order valence-electron chi connectivity index (χ0n) is 44.7. The van der Waals surface area contributed by atoms with Crippen molar-refractivity contribution in [3.63, 3.8) is 0 Å². The molecule has 0 bridgehead atoms. The minimum atomic E-state index is -3.00. The predicted molar refractivity (Wildman–Crippen MR) is 312 cm³/mol. The van der Waals surface area contributed by atoms with E-state index in [-0.39, 0.29) is 72.0 Å². The third-order valence-corrected chi connectivity index (χ3v) is 15.9. The largest absolute Gasteiger partial charge is 0.434 e. The molecule has 18 nitrogen and oxygen atoms in total. The second kappa shape index (κ2) is 26.8. The van der Waals surface area contributed by atoms with Crippen LogP contribution in [0, 0.1) is 17.5 Å². The van der Waals surface area contributed by atoms with Crippen LogP contribution in [0.25, 0.3) is 32.7 Å². The molecule has 11 aromatic rings. The first-order valence-electron chi connectivity index (χ1n) is 25.0. The van der Waals surface area contributed by atoms with E-state index in [1.165, 1.54) is 77.9 Å². The van der Waals surface area contributed by atoms with Gasteiger partial charge in [-0.1, -0.05) is 34.1 Å². The van der Waals surface area contributed by atoms with Gasteiger partial charge in [-0.15, -0.1) is 10.2 Å². The molecule has 0 N–H and O–H groups in total. The van der Waals surface area contributed by atoms with Crippen LogP contribution in [0.15, 0.2) is 144 Å². The molecule has 0 radical (unpaired) electrons. The standard InChI is InChI=1S/2C19H15BrF3N5O2.C17H13Br2F3N2O2/c1-26-18(29)13-5-15(21)14(20)6-16(13)28(26)8-12-4-11(7-27-9-24-25-10-27)2-3-17(12)30-19(22)23;1-26-18(29)13-5-15(21)14(20)6-16(13)28(26)8-12-4-11(7-27-10-24-9-25-27)2-3-17(12)30-19(22)23;1-23-16(25)11-5-13(20)12(19)6-14(11)24(23)8-10-4-9(7-18)2-3-15(10)26-17(21)22/h2*2-6,9-10,19H,7-8H2,1H3;2-6,17H,7-8H2,1H3. The van der Waals surface area contributed by atoms with Crippen LogP contribution in [0.1, 0.15) is 33.4 Å². The summed E-state index contributed by atoms with van der Waals surface area (Å²) in [7, 11) is 4.60. The summed E-state index contributed by atoms with van der Waals surface area (Å²) in [6.45, 7) is -7.93. The second-order valence-corrected chi connectivity index (χ2v) is 22.0. The van der Waals surface area contributed by atoms with E-state index < -0.39 is 48.4 Å². The Hall–Kier alpha value is -7.90. The van der Waals surface area contributed by atoms with E-state index in [2.05, 4.69) is 98.2 Å². The van der Waals surface area contributed by atoms with Crippen molar-refractivity contribution in [1.82, 2.24) is 57.6 Å². The molecule has 11 rings (SSSR count). The van der Waals surface area contributed by atoms with Crippen molar-refractivity contribution in [1.29, 1.82) is 0 Å². The van der Waals surface area contributed by atoms with E-state index in [1.807, 2.05) is 0 Å². The number of hydrogen-bond acceptors (Lipinski definition) is 10. The molecule has 0 amide bonds. The van der Waals surface area contributed by atoms with Crippen LogP contribution in [0.5, 0.6) is 17.2 Å². The molecule has 0 unspecified atom stereocenters. The Morgan fingerprint density at radius 3 is 1.15 bits per heavy atom. The first-order chi connectivity index (χ1) is 41.0. The Bertz CT molecular complexity index is 4260. The first-order valence-corrected chi connectivity index (χ1v) is 28.5. The average molecular weight is 1460 g/mol. The molecule has 0 saturated carbocycles. The number of aromatic nitrogens is 12. The lowest BCUT2D eigenvalue weighted by molar-refractivity contribution is -0.0511. The van der Waals surface area contributed by atoms with Crippen LogP contribution in [-0.2, 0) is 59.2 Å². The number of nitrogens with zero attached hydrogens (tertiary/aromatic N) is 12. The smallest absolute Gasteiger partial charge is 0.387 e. The van der Waals surface area contributed by atoms with Crippen LogP contribution < -0.4 is 30.9 Å². The summed E-state index contributed by atoms with van der Waals surface area (Å²) in [5, 5.41) is 12.6. The van der Waals surface area contributed by atoms with Crippen LogP contribution >= 0.6 is 63.7 Å². The van der Waals surface area contributed by atoms with Crippen molar-refractivity contribution in [2.45, 2.75) is 57.9 Å². The molecule has 0 saturated heterocycles. The summed E-state index contributed by atoms with van der Waals surface area (Å²) in [6.07, 6.45) is 6.02. The topological polar surface area (TPSA) is 170 Å². The Morgan fingerprint density at radius 2 is 0.814 bits per heavy atom. The van der Waals surface area contributed by atoms with Gasteiger partial charge in [0.2, 0.25) is 0 Å². The summed E-state index contributed by atoms with van der Waals surface area (Å²) in [5.74, 6) is -1.66. The zero-order valence-corrected chi connectivity index (χ0v) is 51.0. The monoisotopic (exact) mass is 1450 g/mol. The normalized spacial score (nSPS) is 11.5. The third kappa shape index (κ3) is 14.0. The molecule has 86 heavy (non-hydrogen) atoms. The van der Waals surface area contributed by atoms with Crippen molar-refractivity contribution in [3.8, 4) is 17.2 Å². The lowest BCUT2D eigenvalue weighted by atomic mass is 10.1. The van der Waals surface area contributed by atoms with Crippen molar-refractivity contribution in [2.75, 3.05) is 0 Å². The van der Waals surface area contributed by atoms with Gasteiger partial charge in [0.05, 0.1) is 78.9 Å². The number of benzene rings is 6. The number of alkyl halides is 7. The van der Waals surface area contributed by atoms with E-state index in [4.69, 9.17) is 0 Å². The fourth-order valence-electron chi connectivity index (χ4n) is 9.36. The molecule has 0 aliphatic heterocycles. The summed E-state index contributed by atoms with van der Waals surface area (Å²) in [4.78, 5) is 41.3. The van der Waals surface area contributed by atoms with Gasteiger partial charge in [0.15, 0.2) is 0 Å². The lowest BCUT2D eigenvalue weighted by Crippen LogP contribution is -2.20. The molecule has 0 aliphatic carbocycles. The van der Waals surface area contributed by atoms with E-state index in [0.717, 1.165) is 34.9 Å². The minimum absolute atomic E-state index is 0.00650. The number of ether oxygens (including phenoxy) is 3. The Kier molecular flexibility index (Phi) is 19.5. The number of halogens is 13. The number of fused-ring (bicyclic) bond motifs is 3. The predicted octanol–water partition coefficient (Wildman–Crippen LogP) is 11.8. The first kappa shape index (κ1) is 62.6. The maximum Gasteiger partial charge on any atom is 0.387 e. The fraction of sp³-hybridized carbons (Fsp3) is 0.218. The maximum atomic E-state index is 13.9. The van der Waals surface area contributed by atoms with Crippen LogP contribution in [0.3, 0.4) is 0 Å². The van der Waals surface area contributed by atoms with Gasteiger partial charge in [-0.25, -0.2) is 22.8 Å². The Morgan fingerprint density at radius 1 is 0.465 bits per heavy atom. The van der Waals surface area contributed by atoms with E-state index in [1.54, 1.807) is 78.7 Å². The maximum absolute atomic E-state index is 13.9. The molecule has 5 aromatic heterocycles. The molecule has 0 spiro atoms. The lowest BCUT2D eigenvalue weighted by Gasteiger charge is -2.15. The Labute approximate surface area is 512 Å². The SMILES string of the molecule is Cn1c(=O)c2cc(F)c(Br)cc2n1Cc1cc(CBr)ccc1OC(F)F.Cn1c(=O)c2cc(F)c(Br)cc2n1Cc1cc(Cn2cncn2)ccc1OC(F)F.Cn1c(=O)c2cc(F)c(Br)cc2n1Cc1cc(Cn2cnnc2)ccc1OC(F)F. The van der Waals surface area contributed by atoms with Gasteiger partial charge in [0.1, 0.15) is 60.0 Å². The highest BCUT2D eigenvalue weighted by atomic mass is 79.9. The second-order valence-electron chi connectivity index (χ2n) is 18.8. The summed E-state index contributed by atoms with van der Waals surface area (Å²) in [6, 6.07) is 22.4. The highest BCUT2D eigenvalue weighted by molar-refractivity contribution is 9.11. The molecule has 450 valence electrons. The van der Waals surface area contributed by atoms with Gasteiger partial charge in [-0.3, -0.25) is 42.5 Å². The van der Waals surface area contributed by atoms with Crippen molar-refractivity contribution < 1.29 is 53.7 Å². The van der Waals surface area contributed by atoms with Crippen LogP contribution in [-0.4, -0.2) is 77.5 Å². The van der Waals surface area contributed by atoms with Gasteiger partial charge >= 0.3 is 19.8 Å². The van der Waals surface area contributed by atoms with Crippen LogP contribution in [0.2, 0.25) is 0 Å². The Balaban J connectivity index is 0.000000155. The molecule has 0 atom stereocenters. The van der Waals surface area contributed by atoms with Gasteiger partial charge in [0.25, 0.3) is 16.7 Å².